The molecule has 11 nitrogen and oxygen atoms in total. The van der Waals surface area contributed by atoms with Crippen molar-refractivity contribution in [2.24, 2.45) is 5.92 Å². The zero-order valence-corrected chi connectivity index (χ0v) is 20.9. The first-order chi connectivity index (χ1) is 17.2. The molecule has 0 amide bonds. The van der Waals surface area contributed by atoms with Crippen LogP contribution in [0.5, 0.6) is 0 Å². The maximum Gasteiger partial charge on any atom is 0.342 e. The molecule has 0 saturated carbocycles. The number of Topliss-reactive ketones (excluding diaryl/α,β-unsaturated/α-hetero) is 1. The van der Waals surface area contributed by atoms with Crippen LogP contribution in [0.1, 0.15) is 45.6 Å². The van der Waals surface area contributed by atoms with Crippen LogP contribution in [-0.2, 0) is 39.8 Å². The summed E-state index contributed by atoms with van der Waals surface area (Å²) in [7, 11) is 0. The Morgan fingerprint density at radius 2 is 1.76 bits per heavy atom. The van der Waals surface area contributed by atoms with Crippen molar-refractivity contribution < 1.29 is 53.8 Å². The number of fused-ring (bicyclic) bond motifs is 2. The standard InChI is InChI=1S/C26H32O11/c1-14(20(35-17(4)28)15(2)12-18-8-6-5-7-9-18)10-11-25-19(29)13-24(37-25,22(30)31)26(34,23(32)33)21(36-25)16(3)27/h5-9,15,19-21,29,34H,1,10-13H2,2-4H3,(H,30,31)(H,32,33)/t15-,19-,20-,21?,24?,25?,26?/m1/s1. The van der Waals surface area contributed by atoms with E-state index in [0.29, 0.717) is 12.0 Å². The normalized spacial score (nSPS) is 32.2. The number of aliphatic carboxylic acids is 2. The third-order valence-corrected chi connectivity index (χ3v) is 7.10. The lowest BCUT2D eigenvalue weighted by molar-refractivity contribution is -0.369. The fourth-order valence-electron chi connectivity index (χ4n) is 5.25. The van der Waals surface area contributed by atoms with Gasteiger partial charge in [0, 0.05) is 25.7 Å². The number of ether oxygens (including phenoxy) is 3. The molecule has 11 heteroatoms. The largest absolute Gasteiger partial charge is 0.479 e. The lowest BCUT2D eigenvalue weighted by Crippen LogP contribution is -2.75. The number of carbonyl (C=O) groups excluding carboxylic acids is 2. The average Bonchev–Trinajstić information content (AvgIpc) is 3.09. The molecule has 37 heavy (non-hydrogen) atoms. The summed E-state index contributed by atoms with van der Waals surface area (Å²) in [4.78, 5) is 48.4. The fraction of sp³-hybridized carbons (Fsp3) is 0.538. The van der Waals surface area contributed by atoms with Crippen LogP contribution in [0.2, 0.25) is 0 Å². The molecule has 0 aliphatic carbocycles. The van der Waals surface area contributed by atoms with E-state index in [-0.39, 0.29) is 18.8 Å². The highest BCUT2D eigenvalue weighted by molar-refractivity contribution is 5.98. The van der Waals surface area contributed by atoms with Gasteiger partial charge in [0.1, 0.15) is 12.2 Å². The minimum Gasteiger partial charge on any atom is -0.479 e. The van der Waals surface area contributed by atoms with Gasteiger partial charge in [-0.15, -0.1) is 0 Å². The van der Waals surface area contributed by atoms with Crippen LogP contribution in [-0.4, -0.2) is 79.4 Å². The van der Waals surface area contributed by atoms with E-state index in [2.05, 4.69) is 6.58 Å². The summed E-state index contributed by atoms with van der Waals surface area (Å²) in [6, 6.07) is 9.50. The third-order valence-electron chi connectivity index (χ3n) is 7.10. The molecule has 1 aromatic carbocycles. The summed E-state index contributed by atoms with van der Waals surface area (Å²) < 4.78 is 16.7. The van der Waals surface area contributed by atoms with Crippen molar-refractivity contribution in [1.29, 1.82) is 0 Å². The van der Waals surface area contributed by atoms with Crippen molar-refractivity contribution in [3.05, 3.63) is 48.0 Å². The van der Waals surface area contributed by atoms with E-state index in [4.69, 9.17) is 14.2 Å². The quantitative estimate of drug-likeness (QED) is 0.244. The van der Waals surface area contributed by atoms with E-state index >= 15 is 0 Å². The number of aliphatic hydroxyl groups excluding tert-OH is 1. The molecular formula is C26H32O11. The Balaban J connectivity index is 1.88. The van der Waals surface area contributed by atoms with Crippen molar-refractivity contribution in [2.45, 2.75) is 81.8 Å². The van der Waals surface area contributed by atoms with Gasteiger partial charge in [0.2, 0.25) is 11.2 Å². The van der Waals surface area contributed by atoms with Crippen LogP contribution in [0.25, 0.3) is 0 Å². The number of rotatable bonds is 11. The van der Waals surface area contributed by atoms with Crippen molar-refractivity contribution >= 4 is 23.7 Å². The number of aliphatic hydroxyl groups is 2. The van der Waals surface area contributed by atoms with Gasteiger partial charge in [0.25, 0.3) is 0 Å². The highest BCUT2D eigenvalue weighted by Gasteiger charge is 2.79. The van der Waals surface area contributed by atoms with Gasteiger partial charge in [-0.1, -0.05) is 43.8 Å². The lowest BCUT2D eigenvalue weighted by atomic mass is 9.75. The molecule has 2 bridgehead atoms. The first-order valence-electron chi connectivity index (χ1n) is 11.8. The molecule has 0 spiro atoms. The van der Waals surface area contributed by atoms with Gasteiger partial charge in [0.15, 0.2) is 17.7 Å². The first-order valence-corrected chi connectivity index (χ1v) is 11.8. The predicted molar refractivity (Wildman–Crippen MR) is 126 cm³/mol. The van der Waals surface area contributed by atoms with Crippen LogP contribution in [0, 0.1) is 5.92 Å². The number of carbonyl (C=O) groups is 4. The molecule has 3 rings (SSSR count). The molecule has 7 atom stereocenters. The van der Waals surface area contributed by atoms with Crippen molar-refractivity contribution in [3.63, 3.8) is 0 Å². The number of ketones is 1. The van der Waals surface area contributed by atoms with Crippen LogP contribution < -0.4 is 0 Å². The Morgan fingerprint density at radius 1 is 1.14 bits per heavy atom. The summed E-state index contributed by atoms with van der Waals surface area (Å²) in [6.07, 6.45) is -5.10. The van der Waals surface area contributed by atoms with E-state index in [1.807, 2.05) is 37.3 Å². The molecule has 0 aromatic heterocycles. The van der Waals surface area contributed by atoms with Gasteiger partial charge in [-0.25, -0.2) is 9.59 Å². The van der Waals surface area contributed by atoms with Crippen LogP contribution in [0.15, 0.2) is 42.5 Å². The van der Waals surface area contributed by atoms with Gasteiger partial charge < -0.3 is 34.6 Å². The molecule has 2 saturated heterocycles. The van der Waals surface area contributed by atoms with Gasteiger partial charge in [-0.2, -0.15) is 0 Å². The van der Waals surface area contributed by atoms with Gasteiger partial charge in [0.05, 0.1) is 0 Å². The summed E-state index contributed by atoms with van der Waals surface area (Å²) >= 11 is 0. The Morgan fingerprint density at radius 3 is 2.27 bits per heavy atom. The molecule has 2 heterocycles. The number of hydrogen-bond donors (Lipinski definition) is 4. The van der Waals surface area contributed by atoms with E-state index < -0.39 is 65.4 Å². The van der Waals surface area contributed by atoms with Crippen LogP contribution in [0.3, 0.4) is 0 Å². The minimum atomic E-state index is -3.28. The number of carboxylic acids is 2. The first kappa shape index (κ1) is 28.5. The monoisotopic (exact) mass is 520 g/mol. The molecular weight excluding hydrogens is 488 g/mol. The highest BCUT2D eigenvalue weighted by Crippen LogP contribution is 2.54. The Bertz CT molecular complexity index is 1090. The Labute approximate surface area is 213 Å². The molecule has 0 radical (unpaired) electrons. The maximum absolute atomic E-state index is 12.3. The topological polar surface area (TPSA) is 177 Å². The summed E-state index contributed by atoms with van der Waals surface area (Å²) in [6.45, 7) is 8.10. The second-order valence-electron chi connectivity index (χ2n) is 9.80. The summed E-state index contributed by atoms with van der Waals surface area (Å²) in [5.74, 6) is -7.72. The number of hydrogen-bond acceptors (Lipinski definition) is 9. The van der Waals surface area contributed by atoms with Gasteiger partial charge in [-0.3, -0.25) is 9.59 Å². The van der Waals surface area contributed by atoms with Crippen molar-refractivity contribution in [3.8, 4) is 0 Å². The van der Waals surface area contributed by atoms with E-state index in [0.717, 1.165) is 12.5 Å². The van der Waals surface area contributed by atoms with E-state index in [1.54, 1.807) is 0 Å². The SMILES string of the molecule is C=C(CCC12OC(C(C)=O)C(O)(C(=O)O)C(C(=O)O)(C[C@H]1O)O2)[C@@H](OC(C)=O)[C@H](C)Cc1ccccc1. The number of esters is 1. The zero-order chi connectivity index (χ0) is 27.8. The molecule has 2 aliphatic rings. The predicted octanol–water partition coefficient (Wildman–Crippen LogP) is 1.24. The highest BCUT2D eigenvalue weighted by atomic mass is 16.8. The Hall–Kier alpha value is -3.12. The fourth-order valence-corrected chi connectivity index (χ4v) is 5.25. The maximum atomic E-state index is 12.3. The summed E-state index contributed by atoms with van der Waals surface area (Å²) in [5.41, 5.74) is -4.71. The van der Waals surface area contributed by atoms with Gasteiger partial charge in [-0.05, 0) is 30.9 Å². The molecule has 4 unspecified atom stereocenters. The van der Waals surface area contributed by atoms with Crippen molar-refractivity contribution in [1.82, 2.24) is 0 Å². The molecule has 2 aliphatic heterocycles. The van der Waals surface area contributed by atoms with Crippen LogP contribution in [0.4, 0.5) is 0 Å². The number of carboxylic acid groups (broad SMARTS) is 2. The molecule has 4 N–H and O–H groups in total. The zero-order valence-electron chi connectivity index (χ0n) is 20.9. The number of benzene rings is 1. The summed E-state index contributed by atoms with van der Waals surface area (Å²) in [5, 5.41) is 41.4. The minimum absolute atomic E-state index is 0.0000395. The average molecular weight is 521 g/mol. The van der Waals surface area contributed by atoms with Crippen molar-refractivity contribution in [2.75, 3.05) is 0 Å². The molecule has 1 aromatic rings. The smallest absolute Gasteiger partial charge is 0.342 e. The lowest BCUT2D eigenvalue weighted by Gasteiger charge is -2.49. The third kappa shape index (κ3) is 4.91. The van der Waals surface area contributed by atoms with Gasteiger partial charge >= 0.3 is 17.9 Å². The molecule has 2 fully saturated rings. The molecule has 202 valence electrons. The Kier molecular flexibility index (Phi) is 7.94. The van der Waals surface area contributed by atoms with E-state index in [9.17, 15) is 39.6 Å². The second kappa shape index (κ2) is 10.3. The van der Waals surface area contributed by atoms with Crippen LogP contribution >= 0.6 is 0 Å². The second-order valence-corrected chi connectivity index (χ2v) is 9.80. The van der Waals surface area contributed by atoms with E-state index in [1.165, 1.54) is 6.92 Å².